The van der Waals surface area contributed by atoms with E-state index < -0.39 is 11.8 Å². The number of aryl methyl sites for hydroxylation is 1. The molecule has 166 valence electrons. The molecule has 0 atom stereocenters. The van der Waals surface area contributed by atoms with Gasteiger partial charge in [-0.05, 0) is 50.2 Å². The summed E-state index contributed by atoms with van der Waals surface area (Å²) >= 11 is 6.11. The van der Waals surface area contributed by atoms with Crippen molar-refractivity contribution in [2.24, 2.45) is 5.10 Å². The summed E-state index contributed by atoms with van der Waals surface area (Å²) in [6, 6.07) is 14.2. The highest BCUT2D eigenvalue weighted by Gasteiger charge is 2.16. The number of benzene rings is 2. The molecule has 8 nitrogen and oxygen atoms in total. The Balaban J connectivity index is 1.68. The molecule has 0 saturated heterocycles. The van der Waals surface area contributed by atoms with Crippen LogP contribution >= 0.6 is 11.6 Å². The van der Waals surface area contributed by atoms with Crippen LogP contribution in [0.3, 0.4) is 0 Å². The number of ether oxygens (including phenoxy) is 2. The first-order chi connectivity index (χ1) is 15.3. The average molecular weight is 455 g/mol. The number of nitrogens with one attached hydrogen (secondary N) is 2. The number of anilines is 1. The van der Waals surface area contributed by atoms with Gasteiger partial charge in [0.1, 0.15) is 11.5 Å². The number of hydrogen-bond acceptors (Lipinski definition) is 5. The highest BCUT2D eigenvalue weighted by molar-refractivity contribution is 6.39. The lowest BCUT2D eigenvalue weighted by Crippen LogP contribution is -2.32. The van der Waals surface area contributed by atoms with Gasteiger partial charge in [-0.1, -0.05) is 17.7 Å². The Kier molecular flexibility index (Phi) is 7.17. The first-order valence-electron chi connectivity index (χ1n) is 9.65. The van der Waals surface area contributed by atoms with E-state index in [0.717, 1.165) is 22.6 Å². The normalized spacial score (nSPS) is 10.8. The molecule has 0 aliphatic carbocycles. The Morgan fingerprint density at radius 1 is 1.03 bits per heavy atom. The topological polar surface area (TPSA) is 94.0 Å². The van der Waals surface area contributed by atoms with E-state index in [1.54, 1.807) is 18.2 Å². The van der Waals surface area contributed by atoms with Crippen LogP contribution in [0.15, 0.2) is 53.6 Å². The van der Waals surface area contributed by atoms with Crippen LogP contribution in [0.4, 0.5) is 5.69 Å². The molecule has 3 aromatic rings. The van der Waals surface area contributed by atoms with Crippen molar-refractivity contribution >= 4 is 35.3 Å². The van der Waals surface area contributed by atoms with Crippen LogP contribution in [-0.2, 0) is 9.59 Å². The molecule has 1 aromatic heterocycles. The van der Waals surface area contributed by atoms with E-state index in [9.17, 15) is 9.59 Å². The van der Waals surface area contributed by atoms with Crippen LogP contribution in [0, 0.1) is 13.8 Å². The molecule has 0 fully saturated rings. The smallest absolute Gasteiger partial charge is 0.329 e. The molecule has 0 bridgehead atoms. The third kappa shape index (κ3) is 5.09. The van der Waals surface area contributed by atoms with Crippen molar-refractivity contribution in [2.75, 3.05) is 19.5 Å². The lowest BCUT2D eigenvalue weighted by atomic mass is 10.2. The van der Waals surface area contributed by atoms with Gasteiger partial charge >= 0.3 is 11.8 Å². The molecule has 32 heavy (non-hydrogen) atoms. The zero-order valence-corrected chi connectivity index (χ0v) is 18.9. The summed E-state index contributed by atoms with van der Waals surface area (Å²) in [5, 5.41) is 7.05. The van der Waals surface area contributed by atoms with Gasteiger partial charge in [0, 0.05) is 33.7 Å². The molecule has 0 aliphatic rings. The quantitative estimate of drug-likeness (QED) is 0.336. The van der Waals surface area contributed by atoms with Crippen LogP contribution in [0.25, 0.3) is 5.69 Å². The Morgan fingerprint density at radius 2 is 1.81 bits per heavy atom. The molecule has 2 amide bonds. The maximum atomic E-state index is 12.2. The van der Waals surface area contributed by atoms with Crippen LogP contribution in [0.2, 0.25) is 5.02 Å². The molecular formula is C23H23ClN4O4. The van der Waals surface area contributed by atoms with Crippen LogP contribution < -0.4 is 20.2 Å². The molecule has 0 radical (unpaired) electrons. The molecule has 2 aromatic carbocycles. The van der Waals surface area contributed by atoms with Crippen molar-refractivity contribution in [3.8, 4) is 17.2 Å². The van der Waals surface area contributed by atoms with Gasteiger partial charge in [0.25, 0.3) is 0 Å². The van der Waals surface area contributed by atoms with E-state index in [0.29, 0.717) is 22.2 Å². The number of methoxy groups -OCH3 is 2. The summed E-state index contributed by atoms with van der Waals surface area (Å²) < 4.78 is 12.4. The van der Waals surface area contributed by atoms with Gasteiger partial charge in [-0.3, -0.25) is 9.59 Å². The minimum atomic E-state index is -0.914. The Bertz CT molecular complexity index is 1190. The Labute approximate surface area is 190 Å². The van der Waals surface area contributed by atoms with E-state index in [2.05, 4.69) is 15.8 Å². The number of hydrazone groups is 1. The zero-order chi connectivity index (χ0) is 23.3. The highest BCUT2D eigenvalue weighted by Crippen LogP contribution is 2.29. The van der Waals surface area contributed by atoms with Crippen molar-refractivity contribution in [3.05, 3.63) is 70.5 Å². The van der Waals surface area contributed by atoms with Crippen LogP contribution in [-0.4, -0.2) is 36.8 Å². The average Bonchev–Trinajstić information content (AvgIpc) is 3.06. The highest BCUT2D eigenvalue weighted by atomic mass is 35.5. The van der Waals surface area contributed by atoms with Crippen molar-refractivity contribution in [1.82, 2.24) is 9.99 Å². The van der Waals surface area contributed by atoms with Gasteiger partial charge in [-0.2, -0.15) is 5.10 Å². The number of aromatic nitrogens is 1. The van der Waals surface area contributed by atoms with E-state index in [-0.39, 0.29) is 0 Å². The third-order valence-corrected chi connectivity index (χ3v) is 5.00. The van der Waals surface area contributed by atoms with E-state index in [1.165, 1.54) is 20.4 Å². The summed E-state index contributed by atoms with van der Waals surface area (Å²) in [5.74, 6) is -0.871. The number of nitrogens with zero attached hydrogens (tertiary/aromatic N) is 2. The van der Waals surface area contributed by atoms with Gasteiger partial charge < -0.3 is 19.4 Å². The first kappa shape index (κ1) is 22.9. The summed E-state index contributed by atoms with van der Waals surface area (Å²) in [5.41, 5.74) is 6.17. The second kappa shape index (κ2) is 10.0. The fourth-order valence-electron chi connectivity index (χ4n) is 3.22. The number of rotatable bonds is 6. The molecule has 0 aliphatic heterocycles. The third-order valence-electron chi connectivity index (χ3n) is 4.77. The van der Waals surface area contributed by atoms with Crippen molar-refractivity contribution in [2.45, 2.75) is 13.8 Å². The summed E-state index contributed by atoms with van der Waals surface area (Å²) in [4.78, 5) is 24.4. The zero-order valence-electron chi connectivity index (χ0n) is 18.1. The predicted molar refractivity (Wildman–Crippen MR) is 124 cm³/mol. The summed E-state index contributed by atoms with van der Waals surface area (Å²) in [6.07, 6.45) is 1.49. The first-order valence-corrected chi connectivity index (χ1v) is 10.0. The number of carbonyl (C=O) groups is 2. The van der Waals surface area contributed by atoms with Gasteiger partial charge in [0.15, 0.2) is 0 Å². The number of carbonyl (C=O) groups excluding carboxylic acids is 2. The summed E-state index contributed by atoms with van der Waals surface area (Å²) in [6.45, 7) is 3.89. The van der Waals surface area contributed by atoms with E-state index in [4.69, 9.17) is 21.1 Å². The minimum Gasteiger partial charge on any atom is -0.497 e. The van der Waals surface area contributed by atoms with Gasteiger partial charge in [-0.25, -0.2) is 5.43 Å². The standard InChI is InChI=1S/C23H23ClN4O4/c1-14-10-16(15(2)28(14)18-7-5-6-17(24)11-18)13-25-27-23(30)22(29)26-20-9-8-19(31-3)12-21(20)32-4/h5-13H,1-4H3,(H,26,29)(H,27,30)/b25-13-. The predicted octanol–water partition coefficient (Wildman–Crippen LogP) is 3.85. The van der Waals surface area contributed by atoms with Crippen molar-refractivity contribution < 1.29 is 19.1 Å². The Hall–Kier alpha value is -3.78. The minimum absolute atomic E-state index is 0.336. The van der Waals surface area contributed by atoms with Gasteiger partial charge in [-0.15, -0.1) is 0 Å². The maximum Gasteiger partial charge on any atom is 0.329 e. The van der Waals surface area contributed by atoms with E-state index in [1.807, 2.05) is 48.7 Å². The number of amides is 2. The second-order valence-electron chi connectivity index (χ2n) is 6.86. The van der Waals surface area contributed by atoms with Crippen LogP contribution in [0.1, 0.15) is 17.0 Å². The molecule has 1 heterocycles. The lowest BCUT2D eigenvalue weighted by molar-refractivity contribution is -0.136. The molecule has 0 spiro atoms. The lowest BCUT2D eigenvalue weighted by Gasteiger charge is -2.11. The molecule has 9 heteroatoms. The maximum absolute atomic E-state index is 12.2. The fraction of sp³-hybridized carbons (Fsp3) is 0.174. The summed E-state index contributed by atoms with van der Waals surface area (Å²) in [7, 11) is 2.97. The fourth-order valence-corrected chi connectivity index (χ4v) is 3.41. The Morgan fingerprint density at radius 3 is 2.50 bits per heavy atom. The number of halogens is 1. The van der Waals surface area contributed by atoms with E-state index >= 15 is 0 Å². The molecule has 2 N–H and O–H groups in total. The van der Waals surface area contributed by atoms with Gasteiger partial charge in [0.2, 0.25) is 0 Å². The SMILES string of the molecule is COc1ccc(NC(=O)C(=O)N/N=C\c2cc(C)n(-c3cccc(Cl)c3)c2C)c(OC)c1. The van der Waals surface area contributed by atoms with Gasteiger partial charge in [0.05, 0.1) is 26.1 Å². The molecule has 3 rings (SSSR count). The molecular weight excluding hydrogens is 432 g/mol. The van der Waals surface area contributed by atoms with Crippen molar-refractivity contribution in [3.63, 3.8) is 0 Å². The number of hydrogen-bond donors (Lipinski definition) is 2. The largest absolute Gasteiger partial charge is 0.497 e. The van der Waals surface area contributed by atoms with Crippen LogP contribution in [0.5, 0.6) is 11.5 Å². The molecule has 0 saturated carbocycles. The monoisotopic (exact) mass is 454 g/mol. The molecule has 0 unspecified atom stereocenters. The van der Waals surface area contributed by atoms with Crippen molar-refractivity contribution in [1.29, 1.82) is 0 Å². The second-order valence-corrected chi connectivity index (χ2v) is 7.30.